The van der Waals surface area contributed by atoms with Crippen LogP contribution in [0.5, 0.6) is 5.75 Å². The van der Waals surface area contributed by atoms with Gasteiger partial charge in [0.15, 0.2) is 0 Å². The van der Waals surface area contributed by atoms with E-state index in [9.17, 15) is 26.7 Å². The fraction of sp³-hybridized carbons (Fsp3) is 0.154. The number of hydrogen-bond donors (Lipinski definition) is 0. The van der Waals surface area contributed by atoms with Crippen LogP contribution in [0.25, 0.3) is 5.69 Å². The molecule has 3 nitrogen and oxygen atoms in total. The fourth-order valence-corrected chi connectivity index (χ4v) is 1.65. The molecule has 1 aromatic heterocycles. The average molecular weight is 305 g/mol. The number of halogens is 5. The Bertz CT molecular complexity index is 676. The zero-order chi connectivity index (χ0) is 15.6. The first-order valence-corrected chi connectivity index (χ1v) is 5.63. The summed E-state index contributed by atoms with van der Waals surface area (Å²) in [4.78, 5) is 11.7. The van der Waals surface area contributed by atoms with Gasteiger partial charge in [-0.05, 0) is 30.3 Å². The van der Waals surface area contributed by atoms with E-state index in [0.717, 1.165) is 35.0 Å². The topological polar surface area (TPSA) is 31.2 Å². The molecule has 0 spiro atoms. The van der Waals surface area contributed by atoms with Crippen LogP contribution < -0.4 is 10.3 Å². The molecule has 0 bridgehead atoms. The second-order valence-corrected chi connectivity index (χ2v) is 4.01. The molecule has 2 aromatic rings. The molecule has 21 heavy (non-hydrogen) atoms. The van der Waals surface area contributed by atoms with Crippen molar-refractivity contribution in [2.75, 3.05) is 0 Å². The molecule has 1 heterocycles. The predicted octanol–water partition coefficient (Wildman–Crippen LogP) is 3.67. The van der Waals surface area contributed by atoms with E-state index in [1.807, 2.05) is 0 Å². The van der Waals surface area contributed by atoms with Crippen molar-refractivity contribution in [1.82, 2.24) is 4.57 Å². The molecule has 0 fully saturated rings. The molecule has 112 valence electrons. The molecular weight excluding hydrogens is 297 g/mol. The van der Waals surface area contributed by atoms with Crippen molar-refractivity contribution in [1.29, 1.82) is 0 Å². The lowest BCUT2D eigenvalue weighted by atomic mass is 10.2. The second-order valence-electron chi connectivity index (χ2n) is 4.01. The third kappa shape index (κ3) is 3.80. The molecule has 0 saturated carbocycles. The highest BCUT2D eigenvalue weighted by atomic mass is 19.4. The van der Waals surface area contributed by atoms with Crippen molar-refractivity contribution in [2.24, 2.45) is 0 Å². The first kappa shape index (κ1) is 15.0. The highest BCUT2D eigenvalue weighted by Gasteiger charge is 2.30. The first-order valence-electron chi connectivity index (χ1n) is 5.63. The maximum atomic E-state index is 12.4. The van der Waals surface area contributed by atoms with Crippen LogP contribution in [0.3, 0.4) is 0 Å². The standard InChI is InChI=1S/C13H8F5NO2/c14-12(15)8-5-6-19(11(20)7-8)9-1-3-10(4-2-9)21-13(16,17)18/h1-7,12H. The van der Waals surface area contributed by atoms with Gasteiger partial charge in [-0.25, -0.2) is 8.78 Å². The van der Waals surface area contributed by atoms with E-state index in [-0.39, 0.29) is 5.69 Å². The van der Waals surface area contributed by atoms with E-state index in [2.05, 4.69) is 4.74 Å². The molecule has 0 N–H and O–H groups in total. The maximum absolute atomic E-state index is 12.4. The van der Waals surface area contributed by atoms with Gasteiger partial charge in [0.05, 0.1) is 0 Å². The lowest BCUT2D eigenvalue weighted by Crippen LogP contribution is -2.18. The summed E-state index contributed by atoms with van der Waals surface area (Å²) in [6.45, 7) is 0. The Hall–Kier alpha value is -2.38. The smallest absolute Gasteiger partial charge is 0.406 e. The van der Waals surface area contributed by atoms with Crippen molar-refractivity contribution in [3.8, 4) is 11.4 Å². The molecule has 2 rings (SSSR count). The molecule has 0 radical (unpaired) electrons. The zero-order valence-corrected chi connectivity index (χ0v) is 10.3. The number of hydrogen-bond acceptors (Lipinski definition) is 2. The highest BCUT2D eigenvalue weighted by molar-refractivity contribution is 5.38. The summed E-state index contributed by atoms with van der Waals surface area (Å²) in [5.74, 6) is -0.441. The average Bonchev–Trinajstić information content (AvgIpc) is 2.38. The Kier molecular flexibility index (Phi) is 3.97. The summed E-state index contributed by atoms with van der Waals surface area (Å²) in [7, 11) is 0. The lowest BCUT2D eigenvalue weighted by Gasteiger charge is -2.10. The molecule has 0 aliphatic heterocycles. The van der Waals surface area contributed by atoms with Crippen LogP contribution in [0.2, 0.25) is 0 Å². The van der Waals surface area contributed by atoms with Gasteiger partial charge in [-0.15, -0.1) is 13.2 Å². The second kappa shape index (κ2) is 5.55. The van der Waals surface area contributed by atoms with Gasteiger partial charge in [0.2, 0.25) is 0 Å². The Balaban J connectivity index is 2.29. The van der Waals surface area contributed by atoms with Crippen LogP contribution in [0.1, 0.15) is 12.0 Å². The van der Waals surface area contributed by atoms with Crippen molar-refractivity contribution in [3.63, 3.8) is 0 Å². The summed E-state index contributed by atoms with van der Waals surface area (Å²) in [5.41, 5.74) is -0.902. The predicted molar refractivity (Wildman–Crippen MR) is 63.7 cm³/mol. The largest absolute Gasteiger partial charge is 0.573 e. The Morgan fingerprint density at radius 1 is 1.05 bits per heavy atom. The van der Waals surface area contributed by atoms with Crippen molar-refractivity contribution in [2.45, 2.75) is 12.8 Å². The van der Waals surface area contributed by atoms with E-state index in [1.165, 1.54) is 12.1 Å². The van der Waals surface area contributed by atoms with Gasteiger partial charge in [-0.1, -0.05) is 0 Å². The van der Waals surface area contributed by atoms with Gasteiger partial charge in [-0.3, -0.25) is 9.36 Å². The molecule has 0 saturated heterocycles. The van der Waals surface area contributed by atoms with E-state index in [1.54, 1.807) is 0 Å². The number of benzene rings is 1. The number of pyridine rings is 1. The number of rotatable bonds is 3. The molecule has 0 aliphatic rings. The van der Waals surface area contributed by atoms with Crippen molar-refractivity contribution in [3.05, 3.63) is 58.5 Å². The first-order chi connectivity index (χ1) is 9.76. The summed E-state index contributed by atoms with van der Waals surface area (Å²) < 4.78 is 65.6. The van der Waals surface area contributed by atoms with Gasteiger partial charge in [0, 0.05) is 23.5 Å². The van der Waals surface area contributed by atoms with Gasteiger partial charge in [0.1, 0.15) is 5.75 Å². The third-order valence-corrected chi connectivity index (χ3v) is 2.54. The third-order valence-electron chi connectivity index (χ3n) is 2.54. The van der Waals surface area contributed by atoms with Crippen LogP contribution in [-0.2, 0) is 0 Å². The van der Waals surface area contributed by atoms with E-state index >= 15 is 0 Å². The minimum absolute atomic E-state index is 0.232. The molecule has 0 unspecified atom stereocenters. The van der Waals surface area contributed by atoms with Crippen LogP contribution in [0, 0.1) is 0 Å². The quantitative estimate of drug-likeness (QED) is 0.810. The maximum Gasteiger partial charge on any atom is 0.573 e. The lowest BCUT2D eigenvalue weighted by molar-refractivity contribution is -0.274. The number of aromatic nitrogens is 1. The Labute approximate surface area is 115 Å². The van der Waals surface area contributed by atoms with E-state index in [0.29, 0.717) is 0 Å². The van der Waals surface area contributed by atoms with Gasteiger partial charge < -0.3 is 4.74 Å². The summed E-state index contributed by atoms with van der Waals surface area (Å²) in [6, 6.07) is 6.30. The Morgan fingerprint density at radius 2 is 1.67 bits per heavy atom. The SMILES string of the molecule is O=c1cc(C(F)F)ccn1-c1ccc(OC(F)(F)F)cc1. The monoisotopic (exact) mass is 305 g/mol. The number of alkyl halides is 5. The molecule has 8 heteroatoms. The van der Waals surface area contributed by atoms with E-state index < -0.39 is 29.7 Å². The summed E-state index contributed by atoms with van der Waals surface area (Å²) in [6.07, 6.45) is -6.45. The Morgan fingerprint density at radius 3 is 2.14 bits per heavy atom. The molecule has 0 amide bonds. The summed E-state index contributed by atoms with van der Waals surface area (Å²) in [5, 5.41) is 0. The van der Waals surface area contributed by atoms with Crippen LogP contribution in [-0.4, -0.2) is 10.9 Å². The van der Waals surface area contributed by atoms with Crippen LogP contribution >= 0.6 is 0 Å². The van der Waals surface area contributed by atoms with Gasteiger partial charge in [0.25, 0.3) is 12.0 Å². The molecule has 0 aliphatic carbocycles. The highest BCUT2D eigenvalue weighted by Crippen LogP contribution is 2.23. The van der Waals surface area contributed by atoms with Crippen molar-refractivity contribution >= 4 is 0 Å². The minimum Gasteiger partial charge on any atom is -0.406 e. The minimum atomic E-state index is -4.81. The van der Waals surface area contributed by atoms with Gasteiger partial charge >= 0.3 is 6.36 Å². The van der Waals surface area contributed by atoms with Gasteiger partial charge in [-0.2, -0.15) is 0 Å². The van der Waals surface area contributed by atoms with Crippen molar-refractivity contribution < 1.29 is 26.7 Å². The molecule has 0 atom stereocenters. The number of ether oxygens (including phenoxy) is 1. The summed E-state index contributed by atoms with van der Waals surface area (Å²) >= 11 is 0. The number of nitrogens with zero attached hydrogens (tertiary/aromatic N) is 1. The zero-order valence-electron chi connectivity index (χ0n) is 10.3. The van der Waals surface area contributed by atoms with Crippen LogP contribution in [0.4, 0.5) is 22.0 Å². The molecule has 1 aromatic carbocycles. The van der Waals surface area contributed by atoms with E-state index in [4.69, 9.17) is 0 Å². The molecular formula is C13H8F5NO2. The normalized spacial score (nSPS) is 11.7. The van der Waals surface area contributed by atoms with Crippen LogP contribution in [0.15, 0.2) is 47.4 Å². The fourth-order valence-electron chi connectivity index (χ4n) is 1.65.